The predicted molar refractivity (Wildman–Crippen MR) is 84.3 cm³/mol. The molecule has 2 saturated carbocycles. The first-order valence-electron chi connectivity index (χ1n) is 8.89. The molecule has 0 aromatic carbocycles. The van der Waals surface area contributed by atoms with E-state index < -0.39 is 0 Å². The Hall–Kier alpha value is -0.770. The number of nitrogens with one attached hydrogen (secondary N) is 6. The second-order valence-corrected chi connectivity index (χ2v) is 7.68. The fourth-order valence-electron chi connectivity index (χ4n) is 4.40. The molecule has 2 spiro atoms. The lowest BCUT2D eigenvalue weighted by atomic mass is 9.77. The summed E-state index contributed by atoms with van der Waals surface area (Å²) in [5.74, 6) is 0.0993. The Balaban J connectivity index is 1.23. The maximum Gasteiger partial charge on any atom is 0.309 e. The van der Waals surface area contributed by atoms with E-state index in [-0.39, 0.29) is 29.1 Å². The highest BCUT2D eigenvalue weighted by Gasteiger charge is 2.42. The number of ether oxygens (including phenoxy) is 1. The van der Waals surface area contributed by atoms with Crippen LogP contribution < -0.4 is 32.8 Å². The van der Waals surface area contributed by atoms with Gasteiger partial charge in [0.1, 0.15) is 6.10 Å². The van der Waals surface area contributed by atoms with Gasteiger partial charge in [-0.15, -0.1) is 0 Å². The lowest BCUT2D eigenvalue weighted by Crippen LogP contribution is -2.50. The summed E-state index contributed by atoms with van der Waals surface area (Å²) in [6, 6.07) is 0. The van der Waals surface area contributed by atoms with Crippen molar-refractivity contribution >= 4 is 5.97 Å². The van der Waals surface area contributed by atoms with Gasteiger partial charge in [0, 0.05) is 24.2 Å². The smallest absolute Gasteiger partial charge is 0.309 e. The van der Waals surface area contributed by atoms with Gasteiger partial charge in [-0.3, -0.25) is 4.79 Å². The van der Waals surface area contributed by atoms with E-state index in [2.05, 4.69) is 32.8 Å². The topological polar surface area (TPSA) is 98.5 Å². The van der Waals surface area contributed by atoms with E-state index in [1.54, 1.807) is 0 Å². The van der Waals surface area contributed by atoms with Gasteiger partial charge in [-0.2, -0.15) is 11.1 Å². The SMILES string of the molecule is O=C(OC1CCC2(CC1)CNNN2)C1CCC2(CC1)CNNN2. The van der Waals surface area contributed by atoms with Crippen LogP contribution in [-0.2, 0) is 9.53 Å². The van der Waals surface area contributed by atoms with Gasteiger partial charge in [-0.1, -0.05) is 0 Å². The molecule has 23 heavy (non-hydrogen) atoms. The summed E-state index contributed by atoms with van der Waals surface area (Å²) < 4.78 is 5.83. The van der Waals surface area contributed by atoms with Crippen LogP contribution in [0.1, 0.15) is 51.4 Å². The molecule has 0 unspecified atom stereocenters. The summed E-state index contributed by atoms with van der Waals surface area (Å²) in [5, 5.41) is 0. The number of hydrogen-bond acceptors (Lipinski definition) is 8. The highest BCUT2D eigenvalue weighted by molar-refractivity contribution is 5.72. The molecule has 0 atom stereocenters. The van der Waals surface area contributed by atoms with Crippen molar-refractivity contribution in [3.63, 3.8) is 0 Å². The monoisotopic (exact) mass is 324 g/mol. The Morgan fingerprint density at radius 2 is 1.35 bits per heavy atom. The molecule has 0 aromatic heterocycles. The van der Waals surface area contributed by atoms with Crippen LogP contribution in [0.4, 0.5) is 0 Å². The lowest BCUT2D eigenvalue weighted by Gasteiger charge is -2.38. The zero-order valence-corrected chi connectivity index (χ0v) is 13.5. The van der Waals surface area contributed by atoms with Crippen LogP contribution in [-0.4, -0.2) is 36.2 Å². The third-order valence-corrected chi connectivity index (χ3v) is 6.13. The van der Waals surface area contributed by atoms with E-state index in [0.29, 0.717) is 0 Å². The standard InChI is InChI=1S/C15H28N6O2/c22-13(11-1-5-14(6-2-11)9-16-20-18-14)23-12-3-7-15(8-4-12)10-17-21-19-15/h11-12,16-21H,1-10H2. The van der Waals surface area contributed by atoms with Crippen LogP contribution in [0.5, 0.6) is 0 Å². The van der Waals surface area contributed by atoms with Crippen LogP contribution in [0.3, 0.4) is 0 Å². The Morgan fingerprint density at radius 3 is 1.83 bits per heavy atom. The second-order valence-electron chi connectivity index (χ2n) is 7.68. The van der Waals surface area contributed by atoms with Crippen LogP contribution in [0.15, 0.2) is 0 Å². The van der Waals surface area contributed by atoms with Gasteiger partial charge in [0.25, 0.3) is 0 Å². The largest absolute Gasteiger partial charge is 0.462 e. The van der Waals surface area contributed by atoms with Crippen molar-refractivity contribution in [2.75, 3.05) is 13.1 Å². The number of carbonyl (C=O) groups is 1. The van der Waals surface area contributed by atoms with E-state index in [0.717, 1.165) is 64.5 Å². The van der Waals surface area contributed by atoms with Crippen molar-refractivity contribution in [1.29, 1.82) is 0 Å². The highest BCUT2D eigenvalue weighted by atomic mass is 16.5. The van der Waals surface area contributed by atoms with E-state index in [1.807, 2.05) is 0 Å². The molecule has 130 valence electrons. The molecular formula is C15H28N6O2. The second kappa shape index (κ2) is 6.27. The van der Waals surface area contributed by atoms with Crippen molar-refractivity contribution < 1.29 is 9.53 Å². The molecule has 8 heteroatoms. The molecule has 0 radical (unpaired) electrons. The van der Waals surface area contributed by atoms with E-state index in [4.69, 9.17) is 4.74 Å². The molecule has 0 aromatic rings. The molecule has 0 amide bonds. The van der Waals surface area contributed by atoms with Gasteiger partial charge in [0.2, 0.25) is 0 Å². The average Bonchev–Trinajstić information content (AvgIpc) is 3.21. The van der Waals surface area contributed by atoms with E-state index in [9.17, 15) is 4.79 Å². The number of hydrogen-bond donors (Lipinski definition) is 6. The molecule has 2 saturated heterocycles. The molecule has 2 heterocycles. The molecule has 2 aliphatic heterocycles. The van der Waals surface area contributed by atoms with Gasteiger partial charge in [0.05, 0.1) is 5.92 Å². The van der Waals surface area contributed by atoms with Gasteiger partial charge in [-0.05, 0) is 51.4 Å². The summed E-state index contributed by atoms with van der Waals surface area (Å²) in [6.07, 6.45) is 7.95. The first kappa shape index (κ1) is 15.7. The Labute approximate surface area is 136 Å². The molecule has 6 N–H and O–H groups in total. The minimum Gasteiger partial charge on any atom is -0.462 e. The number of carbonyl (C=O) groups excluding carboxylic acids is 1. The van der Waals surface area contributed by atoms with Crippen LogP contribution in [0.2, 0.25) is 0 Å². The lowest BCUT2D eigenvalue weighted by molar-refractivity contribution is -0.157. The Kier molecular flexibility index (Phi) is 4.29. The normalized spacial score (nSPS) is 44.0. The first-order chi connectivity index (χ1) is 11.2. The molecule has 4 aliphatic rings. The third kappa shape index (κ3) is 3.24. The summed E-state index contributed by atoms with van der Waals surface area (Å²) in [7, 11) is 0. The maximum atomic E-state index is 12.5. The Morgan fingerprint density at radius 1 is 0.826 bits per heavy atom. The molecule has 4 fully saturated rings. The van der Waals surface area contributed by atoms with E-state index in [1.165, 1.54) is 0 Å². The fourth-order valence-corrected chi connectivity index (χ4v) is 4.40. The zero-order chi connectivity index (χ0) is 15.8. The summed E-state index contributed by atoms with van der Waals surface area (Å²) in [4.78, 5) is 12.5. The van der Waals surface area contributed by atoms with Gasteiger partial charge in [-0.25, -0.2) is 21.7 Å². The molecule has 4 rings (SSSR count). The highest BCUT2D eigenvalue weighted by Crippen LogP contribution is 2.35. The molecular weight excluding hydrogens is 296 g/mol. The number of rotatable bonds is 2. The first-order valence-corrected chi connectivity index (χ1v) is 8.89. The summed E-state index contributed by atoms with van der Waals surface area (Å²) >= 11 is 0. The van der Waals surface area contributed by atoms with Crippen molar-refractivity contribution in [1.82, 2.24) is 32.8 Å². The van der Waals surface area contributed by atoms with Crippen molar-refractivity contribution in [2.45, 2.75) is 68.5 Å². The third-order valence-electron chi connectivity index (χ3n) is 6.13. The summed E-state index contributed by atoms with van der Waals surface area (Å²) in [5.41, 5.74) is 19.1. The number of hydrazine groups is 4. The van der Waals surface area contributed by atoms with E-state index >= 15 is 0 Å². The quantitative estimate of drug-likeness (QED) is 0.374. The van der Waals surface area contributed by atoms with Gasteiger partial charge >= 0.3 is 5.97 Å². The van der Waals surface area contributed by atoms with Crippen LogP contribution in [0, 0.1) is 5.92 Å². The maximum absolute atomic E-state index is 12.5. The minimum absolute atomic E-state index is 0.0235. The van der Waals surface area contributed by atoms with Gasteiger partial charge in [0.15, 0.2) is 0 Å². The minimum atomic E-state index is 0.0235. The number of esters is 1. The van der Waals surface area contributed by atoms with Crippen molar-refractivity contribution in [2.24, 2.45) is 5.92 Å². The van der Waals surface area contributed by atoms with Crippen molar-refractivity contribution in [3.8, 4) is 0 Å². The average molecular weight is 324 g/mol. The zero-order valence-electron chi connectivity index (χ0n) is 13.5. The Bertz CT molecular complexity index is 427. The molecule has 0 bridgehead atoms. The fraction of sp³-hybridized carbons (Fsp3) is 0.933. The van der Waals surface area contributed by atoms with Gasteiger partial charge < -0.3 is 4.74 Å². The predicted octanol–water partition coefficient (Wildman–Crippen LogP) is -0.635. The van der Waals surface area contributed by atoms with Crippen molar-refractivity contribution in [3.05, 3.63) is 0 Å². The molecule has 8 nitrogen and oxygen atoms in total. The van der Waals surface area contributed by atoms with Crippen LogP contribution in [0.25, 0.3) is 0 Å². The van der Waals surface area contributed by atoms with Crippen LogP contribution >= 0.6 is 0 Å². The summed E-state index contributed by atoms with van der Waals surface area (Å²) in [6.45, 7) is 1.86. The molecule has 2 aliphatic carbocycles.